The minimum atomic E-state index is -3.78. The van der Waals surface area contributed by atoms with Crippen molar-refractivity contribution in [2.45, 2.75) is 24.8 Å². The number of Topliss-reactive ketones (excluding diaryl/α,β-unsaturated/α-hetero) is 1. The van der Waals surface area contributed by atoms with Crippen LogP contribution in [0.1, 0.15) is 24.2 Å². The van der Waals surface area contributed by atoms with Gasteiger partial charge in [-0.15, -0.1) is 0 Å². The highest BCUT2D eigenvalue weighted by atomic mass is 32.2. The smallest absolute Gasteiger partial charge is 0.238 e. The second-order valence-electron chi connectivity index (χ2n) is 5.00. The van der Waals surface area contributed by atoms with E-state index in [9.17, 15) is 13.2 Å². The average molecular weight is 299 g/mol. The van der Waals surface area contributed by atoms with Crippen molar-refractivity contribution >= 4 is 21.5 Å². The third-order valence-corrected chi connectivity index (χ3v) is 4.08. The van der Waals surface area contributed by atoms with Gasteiger partial charge in [-0.1, -0.05) is 0 Å². The number of carbonyl (C=O) groups excluding carboxylic acids is 1. The minimum Gasteiger partial charge on any atom is -0.383 e. The summed E-state index contributed by atoms with van der Waals surface area (Å²) in [6.45, 7) is 4.04. The Morgan fingerprint density at radius 3 is 2.45 bits per heavy atom. The van der Waals surface area contributed by atoms with E-state index in [4.69, 9.17) is 5.14 Å². The number of likely N-dealkylation sites (N-methyl/N-ethyl adjacent to an activating group) is 1. The summed E-state index contributed by atoms with van der Waals surface area (Å²) in [6.07, 6.45) is 0. The molecule has 0 aliphatic carbocycles. The van der Waals surface area contributed by atoms with E-state index in [1.54, 1.807) is 0 Å². The lowest BCUT2D eigenvalue weighted by molar-refractivity contribution is 0.101. The maximum Gasteiger partial charge on any atom is 0.238 e. The fourth-order valence-electron chi connectivity index (χ4n) is 1.59. The molecule has 1 aromatic rings. The van der Waals surface area contributed by atoms with Gasteiger partial charge in [0, 0.05) is 23.8 Å². The first-order valence-corrected chi connectivity index (χ1v) is 7.75. The van der Waals surface area contributed by atoms with Crippen LogP contribution in [0.5, 0.6) is 0 Å². The van der Waals surface area contributed by atoms with E-state index < -0.39 is 10.0 Å². The Hall–Kier alpha value is -1.44. The number of nitrogens with zero attached hydrogens (tertiary/aromatic N) is 1. The number of sulfonamides is 1. The molecule has 0 fully saturated rings. The quantitative estimate of drug-likeness (QED) is 0.761. The number of anilines is 1. The van der Waals surface area contributed by atoms with Crippen LogP contribution in [0, 0.1) is 0 Å². The Balaban J connectivity index is 3.10. The Bertz CT molecular complexity index is 597. The van der Waals surface area contributed by atoms with Gasteiger partial charge in [0.2, 0.25) is 10.0 Å². The van der Waals surface area contributed by atoms with Crippen molar-refractivity contribution in [1.82, 2.24) is 4.90 Å². The molecule has 1 rings (SSSR count). The van der Waals surface area contributed by atoms with Gasteiger partial charge in [0.05, 0.1) is 4.90 Å². The Labute approximate surface area is 120 Å². The number of rotatable bonds is 6. The molecule has 0 heterocycles. The summed E-state index contributed by atoms with van der Waals surface area (Å²) in [7, 11) is 0.103. The molecule has 0 saturated carbocycles. The van der Waals surface area contributed by atoms with Crippen molar-refractivity contribution in [3.05, 3.63) is 23.8 Å². The molecule has 20 heavy (non-hydrogen) atoms. The second kappa shape index (κ2) is 6.34. The number of nitrogens with one attached hydrogen (secondary N) is 1. The van der Waals surface area contributed by atoms with Gasteiger partial charge in [0.15, 0.2) is 5.78 Å². The molecule has 0 radical (unpaired) electrons. The summed E-state index contributed by atoms with van der Waals surface area (Å²) >= 11 is 0. The highest BCUT2D eigenvalue weighted by molar-refractivity contribution is 7.89. The molecule has 0 saturated heterocycles. The maximum atomic E-state index is 11.6. The predicted octanol–water partition coefficient (Wildman–Crippen LogP) is 0.899. The third kappa shape index (κ3) is 4.29. The molecule has 0 aliphatic heterocycles. The zero-order valence-electron chi connectivity index (χ0n) is 12.2. The molecular formula is C13H21N3O3S. The molecule has 0 bridgehead atoms. The van der Waals surface area contributed by atoms with Crippen molar-refractivity contribution in [1.29, 1.82) is 0 Å². The van der Waals surface area contributed by atoms with E-state index in [-0.39, 0.29) is 16.7 Å². The fraction of sp³-hybridized carbons (Fsp3) is 0.462. The van der Waals surface area contributed by atoms with E-state index in [1.807, 2.05) is 25.9 Å². The first-order valence-electron chi connectivity index (χ1n) is 6.21. The number of hydrogen-bond acceptors (Lipinski definition) is 5. The molecular weight excluding hydrogens is 278 g/mol. The van der Waals surface area contributed by atoms with Gasteiger partial charge in [0.25, 0.3) is 0 Å². The van der Waals surface area contributed by atoms with Crippen molar-refractivity contribution in [3.8, 4) is 0 Å². The van der Waals surface area contributed by atoms with E-state index in [0.29, 0.717) is 17.8 Å². The van der Waals surface area contributed by atoms with Crippen LogP contribution in [0.3, 0.4) is 0 Å². The largest absolute Gasteiger partial charge is 0.383 e. The second-order valence-corrected chi connectivity index (χ2v) is 6.56. The number of nitrogens with two attached hydrogens (primary N) is 1. The summed E-state index contributed by atoms with van der Waals surface area (Å²) in [5, 5.41) is 8.21. The summed E-state index contributed by atoms with van der Waals surface area (Å²) in [6, 6.07) is 4.44. The summed E-state index contributed by atoms with van der Waals surface area (Å²) in [4.78, 5) is 13.6. The summed E-state index contributed by atoms with van der Waals surface area (Å²) in [5.41, 5.74) is 0.932. The van der Waals surface area contributed by atoms with Crippen molar-refractivity contribution in [2.75, 3.05) is 26.0 Å². The van der Waals surface area contributed by atoms with Gasteiger partial charge < -0.3 is 10.2 Å². The van der Waals surface area contributed by atoms with Gasteiger partial charge >= 0.3 is 0 Å². The van der Waals surface area contributed by atoms with Crippen LogP contribution >= 0.6 is 0 Å². The predicted molar refractivity (Wildman–Crippen MR) is 79.5 cm³/mol. The molecule has 1 unspecified atom stereocenters. The van der Waals surface area contributed by atoms with Crippen molar-refractivity contribution in [3.63, 3.8) is 0 Å². The Kier molecular flexibility index (Phi) is 5.27. The topological polar surface area (TPSA) is 92.5 Å². The first-order chi connectivity index (χ1) is 9.12. The lowest BCUT2D eigenvalue weighted by Gasteiger charge is -2.21. The van der Waals surface area contributed by atoms with Gasteiger partial charge in [-0.2, -0.15) is 0 Å². The van der Waals surface area contributed by atoms with Crippen LogP contribution in [-0.4, -0.2) is 45.8 Å². The van der Waals surface area contributed by atoms with Crippen molar-refractivity contribution in [2.24, 2.45) is 5.14 Å². The minimum absolute atomic E-state index is 0.0116. The zero-order valence-corrected chi connectivity index (χ0v) is 13.0. The monoisotopic (exact) mass is 299 g/mol. The number of primary sulfonamides is 1. The van der Waals surface area contributed by atoms with Crippen LogP contribution in [0.2, 0.25) is 0 Å². The normalized spacial score (nSPS) is 13.3. The highest BCUT2D eigenvalue weighted by Gasteiger charge is 2.14. The van der Waals surface area contributed by atoms with Crippen molar-refractivity contribution < 1.29 is 13.2 Å². The lowest BCUT2D eigenvalue weighted by Crippen LogP contribution is -2.31. The van der Waals surface area contributed by atoms with E-state index in [2.05, 4.69) is 5.32 Å². The molecule has 112 valence electrons. The molecule has 0 spiro atoms. The molecule has 0 aliphatic rings. The lowest BCUT2D eigenvalue weighted by atomic mass is 10.1. The van der Waals surface area contributed by atoms with E-state index >= 15 is 0 Å². The van der Waals surface area contributed by atoms with Crippen LogP contribution in [0.15, 0.2) is 23.1 Å². The zero-order chi connectivity index (χ0) is 15.5. The first kappa shape index (κ1) is 16.6. The molecule has 7 heteroatoms. The van der Waals surface area contributed by atoms with Crippen LogP contribution in [0.25, 0.3) is 0 Å². The molecule has 6 nitrogen and oxygen atoms in total. The molecule has 3 N–H and O–H groups in total. The number of benzene rings is 1. The summed E-state index contributed by atoms with van der Waals surface area (Å²) in [5.74, 6) is -0.133. The number of ketones is 1. The molecule has 1 aromatic carbocycles. The standard InChI is InChI=1S/C13H21N3O3S/c1-9(16(3)4)8-15-13-7-11(20(14,18)19)5-6-12(13)10(2)17/h5-7,9,15H,8H2,1-4H3,(H2,14,18,19). The number of carbonyl (C=O) groups is 1. The van der Waals surface area contributed by atoms with Crippen LogP contribution in [-0.2, 0) is 10.0 Å². The van der Waals surface area contributed by atoms with Crippen LogP contribution in [0.4, 0.5) is 5.69 Å². The third-order valence-electron chi connectivity index (χ3n) is 3.17. The maximum absolute atomic E-state index is 11.6. The van der Waals surface area contributed by atoms with Gasteiger partial charge in [-0.3, -0.25) is 4.79 Å². The van der Waals surface area contributed by atoms with Gasteiger partial charge in [-0.05, 0) is 46.1 Å². The van der Waals surface area contributed by atoms with E-state index in [1.165, 1.54) is 25.1 Å². The molecule has 1 atom stereocenters. The SMILES string of the molecule is CC(=O)c1ccc(S(N)(=O)=O)cc1NCC(C)N(C)C. The Morgan fingerprint density at radius 1 is 1.40 bits per heavy atom. The highest BCUT2D eigenvalue weighted by Crippen LogP contribution is 2.21. The Morgan fingerprint density at radius 2 is 2.00 bits per heavy atom. The van der Waals surface area contributed by atoms with E-state index in [0.717, 1.165) is 0 Å². The summed E-state index contributed by atoms with van der Waals surface area (Å²) < 4.78 is 22.7. The average Bonchev–Trinajstić information content (AvgIpc) is 2.34. The van der Waals surface area contributed by atoms with Crippen LogP contribution < -0.4 is 10.5 Å². The van der Waals surface area contributed by atoms with Gasteiger partial charge in [-0.25, -0.2) is 13.6 Å². The fourth-order valence-corrected chi connectivity index (χ4v) is 2.13. The number of hydrogen-bond donors (Lipinski definition) is 2. The molecule has 0 aromatic heterocycles. The van der Waals surface area contributed by atoms with Gasteiger partial charge in [0.1, 0.15) is 0 Å². The molecule has 0 amide bonds.